The van der Waals surface area contributed by atoms with E-state index in [1.807, 2.05) is 0 Å². The predicted molar refractivity (Wildman–Crippen MR) is 151 cm³/mol. The summed E-state index contributed by atoms with van der Waals surface area (Å²) in [5.74, 6) is 1.40. The molecule has 0 amide bonds. The minimum Gasteiger partial charge on any atom is -0.314 e. The summed E-state index contributed by atoms with van der Waals surface area (Å²) in [4.78, 5) is 2.66. The van der Waals surface area contributed by atoms with Crippen LogP contribution in [0, 0.1) is 0 Å². The third-order valence-corrected chi connectivity index (χ3v) is 10.3. The van der Waals surface area contributed by atoms with Gasteiger partial charge >= 0.3 is 0 Å². The van der Waals surface area contributed by atoms with Gasteiger partial charge in [-0.25, -0.2) is 0 Å². The van der Waals surface area contributed by atoms with E-state index in [9.17, 15) is 0 Å². The molecule has 186 valence electrons. The lowest BCUT2D eigenvalue weighted by Crippen LogP contribution is -2.44. The second-order valence-corrected chi connectivity index (χ2v) is 12.7. The lowest BCUT2D eigenvalue weighted by atomic mass is 10.0. The van der Waals surface area contributed by atoms with Crippen molar-refractivity contribution in [2.24, 2.45) is 0 Å². The Kier molecular flexibility index (Phi) is 21.0. The molecule has 2 aliphatic heterocycles. The molecule has 2 saturated heterocycles. The quantitative estimate of drug-likeness (QED) is 0.167. The molecule has 1 N–H and O–H groups in total. The van der Waals surface area contributed by atoms with Gasteiger partial charge in [-0.2, -0.15) is 0 Å². The van der Waals surface area contributed by atoms with E-state index < -0.39 is 0 Å². The van der Waals surface area contributed by atoms with Crippen molar-refractivity contribution in [1.29, 1.82) is 0 Å². The van der Waals surface area contributed by atoms with Gasteiger partial charge in [-0.05, 0) is 19.4 Å². The standard InChI is InChI=1S/C26H52N2S2.BrH/c1-2-3-4-5-6-7-8-9-10-11-12-13-14-15-16-17-26-29-24-25(30-26)18-21-28-22-19-27-20-23-28;/h25-27H,2-24H2,1H3;1H. The molecule has 2 heterocycles. The van der Waals surface area contributed by atoms with Crippen LogP contribution in [-0.2, 0) is 0 Å². The van der Waals surface area contributed by atoms with Crippen molar-refractivity contribution < 1.29 is 0 Å². The fourth-order valence-corrected chi connectivity index (χ4v) is 8.23. The van der Waals surface area contributed by atoms with Gasteiger partial charge in [0, 0.05) is 37.2 Å². The number of rotatable bonds is 19. The summed E-state index contributed by atoms with van der Waals surface area (Å²) >= 11 is 4.56. The van der Waals surface area contributed by atoms with Crippen molar-refractivity contribution in [3.63, 3.8) is 0 Å². The first kappa shape index (κ1) is 30.1. The molecule has 2 fully saturated rings. The zero-order chi connectivity index (χ0) is 21.1. The lowest BCUT2D eigenvalue weighted by Gasteiger charge is -2.27. The first-order valence-corrected chi connectivity index (χ1v) is 15.6. The molecule has 0 aromatic rings. The molecule has 0 saturated carbocycles. The van der Waals surface area contributed by atoms with Crippen LogP contribution < -0.4 is 5.32 Å². The van der Waals surface area contributed by atoms with E-state index in [4.69, 9.17) is 0 Å². The molecular weight excluding hydrogens is 484 g/mol. The molecule has 31 heavy (non-hydrogen) atoms. The fourth-order valence-electron chi connectivity index (χ4n) is 4.75. The number of thioether (sulfide) groups is 2. The van der Waals surface area contributed by atoms with Crippen LogP contribution in [0.15, 0.2) is 0 Å². The van der Waals surface area contributed by atoms with Gasteiger partial charge < -0.3 is 10.2 Å². The molecule has 0 bridgehead atoms. The van der Waals surface area contributed by atoms with Crippen LogP contribution in [0.3, 0.4) is 0 Å². The van der Waals surface area contributed by atoms with E-state index in [2.05, 4.69) is 40.7 Å². The van der Waals surface area contributed by atoms with Gasteiger partial charge in [-0.3, -0.25) is 0 Å². The number of hydrogen-bond acceptors (Lipinski definition) is 4. The van der Waals surface area contributed by atoms with E-state index in [0.717, 1.165) is 9.83 Å². The SMILES string of the molecule is Br.CCCCCCCCCCCCCCCCCC1SCC(CCN2CCNCC2)S1. The summed E-state index contributed by atoms with van der Waals surface area (Å²) < 4.78 is 0.903. The second kappa shape index (κ2) is 21.6. The van der Waals surface area contributed by atoms with Crippen LogP contribution >= 0.6 is 40.5 Å². The highest BCUT2D eigenvalue weighted by Gasteiger charge is 2.25. The van der Waals surface area contributed by atoms with E-state index in [0.29, 0.717) is 0 Å². The van der Waals surface area contributed by atoms with E-state index >= 15 is 0 Å². The van der Waals surface area contributed by atoms with Gasteiger partial charge in [0.05, 0.1) is 4.58 Å². The number of unbranched alkanes of at least 4 members (excludes halogenated alkanes) is 14. The van der Waals surface area contributed by atoms with E-state index in [1.54, 1.807) is 0 Å². The van der Waals surface area contributed by atoms with Crippen LogP contribution in [-0.4, -0.2) is 53.2 Å². The minimum atomic E-state index is 0. The highest BCUT2D eigenvalue weighted by atomic mass is 79.9. The summed E-state index contributed by atoms with van der Waals surface area (Å²) in [6.07, 6.45) is 24.9. The number of piperazine rings is 1. The second-order valence-electron chi connectivity index (χ2n) is 9.64. The molecular formula is C26H53BrN2S2. The van der Waals surface area contributed by atoms with Crippen LogP contribution in [0.5, 0.6) is 0 Å². The van der Waals surface area contributed by atoms with Crippen LogP contribution in [0.25, 0.3) is 0 Å². The molecule has 0 aliphatic carbocycles. The normalized spacial score (nSPS) is 22.0. The smallest absolute Gasteiger partial charge is 0.0506 e. The van der Waals surface area contributed by atoms with Gasteiger partial charge in [0.1, 0.15) is 0 Å². The third-order valence-electron chi connectivity index (χ3n) is 6.83. The first-order chi connectivity index (χ1) is 14.9. The molecule has 2 unspecified atom stereocenters. The molecule has 0 spiro atoms. The van der Waals surface area contributed by atoms with Crippen molar-refractivity contribution in [2.75, 3.05) is 38.5 Å². The lowest BCUT2D eigenvalue weighted by molar-refractivity contribution is 0.239. The third kappa shape index (κ3) is 16.4. The Morgan fingerprint density at radius 3 is 1.77 bits per heavy atom. The Hall–Kier alpha value is 1.10. The maximum Gasteiger partial charge on any atom is 0.0506 e. The Labute approximate surface area is 214 Å². The van der Waals surface area contributed by atoms with Gasteiger partial charge in [-0.15, -0.1) is 40.5 Å². The van der Waals surface area contributed by atoms with Crippen LogP contribution in [0.2, 0.25) is 0 Å². The van der Waals surface area contributed by atoms with Crippen molar-refractivity contribution in [2.45, 2.75) is 126 Å². The highest BCUT2D eigenvalue weighted by Crippen LogP contribution is 2.42. The fraction of sp³-hybridized carbons (Fsp3) is 1.00. The molecule has 2 nitrogen and oxygen atoms in total. The Morgan fingerprint density at radius 1 is 0.710 bits per heavy atom. The zero-order valence-corrected chi connectivity index (χ0v) is 23.9. The van der Waals surface area contributed by atoms with Crippen LogP contribution in [0.1, 0.15) is 116 Å². The summed E-state index contributed by atoms with van der Waals surface area (Å²) in [5, 5.41) is 4.38. The van der Waals surface area contributed by atoms with Crippen molar-refractivity contribution >= 4 is 40.5 Å². The molecule has 0 aromatic heterocycles. The summed E-state index contributed by atoms with van der Waals surface area (Å²) in [6, 6.07) is 0. The summed E-state index contributed by atoms with van der Waals surface area (Å²) in [6.45, 7) is 8.52. The maximum absolute atomic E-state index is 3.46. The Morgan fingerprint density at radius 2 is 1.23 bits per heavy atom. The number of hydrogen-bond donors (Lipinski definition) is 1. The van der Waals surface area contributed by atoms with Crippen LogP contribution in [0.4, 0.5) is 0 Å². The first-order valence-electron chi connectivity index (χ1n) is 13.6. The summed E-state index contributed by atoms with van der Waals surface area (Å²) in [5.41, 5.74) is 0. The zero-order valence-electron chi connectivity index (χ0n) is 20.6. The Balaban J connectivity index is 0.00000480. The van der Waals surface area contributed by atoms with E-state index in [-0.39, 0.29) is 17.0 Å². The van der Waals surface area contributed by atoms with Gasteiger partial charge in [0.25, 0.3) is 0 Å². The molecule has 2 aliphatic rings. The number of nitrogens with one attached hydrogen (secondary N) is 1. The average molecular weight is 538 g/mol. The molecule has 0 radical (unpaired) electrons. The minimum absolute atomic E-state index is 0. The highest BCUT2D eigenvalue weighted by molar-refractivity contribution is 8.93. The van der Waals surface area contributed by atoms with E-state index in [1.165, 1.54) is 148 Å². The Bertz CT molecular complexity index is 380. The number of nitrogens with zero attached hydrogens (tertiary/aromatic N) is 1. The largest absolute Gasteiger partial charge is 0.314 e. The topological polar surface area (TPSA) is 15.3 Å². The molecule has 2 atom stereocenters. The average Bonchev–Trinajstić information content (AvgIpc) is 3.23. The number of halogens is 1. The predicted octanol–water partition coefficient (Wildman–Crippen LogP) is 8.30. The summed E-state index contributed by atoms with van der Waals surface area (Å²) in [7, 11) is 0. The molecule has 5 heteroatoms. The van der Waals surface area contributed by atoms with Crippen molar-refractivity contribution in [1.82, 2.24) is 10.2 Å². The maximum atomic E-state index is 3.46. The van der Waals surface area contributed by atoms with Gasteiger partial charge in [-0.1, -0.05) is 103 Å². The van der Waals surface area contributed by atoms with Crippen molar-refractivity contribution in [3.8, 4) is 0 Å². The molecule has 2 rings (SSSR count). The van der Waals surface area contributed by atoms with Gasteiger partial charge in [0.2, 0.25) is 0 Å². The molecule has 0 aromatic carbocycles. The monoisotopic (exact) mass is 536 g/mol. The van der Waals surface area contributed by atoms with Crippen molar-refractivity contribution in [3.05, 3.63) is 0 Å². The van der Waals surface area contributed by atoms with Gasteiger partial charge in [0.15, 0.2) is 0 Å².